The monoisotopic (exact) mass is 312 g/mol. The van der Waals surface area contributed by atoms with Gasteiger partial charge in [-0.3, -0.25) is 4.21 Å². The standard InChI is InChI=1S/C13H12O7S/c1-18-13(16)11-5-3-9(20-11)7-21(17)6-8-2-4-10(19-8)12(14)15/h2-5H,6-7H2,1H3,(H,14,15). The molecule has 0 fully saturated rings. The highest BCUT2D eigenvalue weighted by molar-refractivity contribution is 7.83. The van der Waals surface area contributed by atoms with Crippen molar-refractivity contribution in [2.75, 3.05) is 7.11 Å². The fourth-order valence-corrected chi connectivity index (χ4v) is 2.65. The summed E-state index contributed by atoms with van der Waals surface area (Å²) in [7, 11) is -0.121. The predicted octanol–water partition coefficient (Wildman–Crippen LogP) is 1.81. The summed E-state index contributed by atoms with van der Waals surface area (Å²) in [6.07, 6.45) is 0. The minimum absolute atomic E-state index is 0.0377. The molecule has 0 aliphatic heterocycles. The number of furan rings is 2. The average molecular weight is 312 g/mol. The van der Waals surface area contributed by atoms with Crippen molar-refractivity contribution in [1.29, 1.82) is 0 Å². The summed E-state index contributed by atoms with van der Waals surface area (Å²) in [5, 5.41) is 8.72. The van der Waals surface area contributed by atoms with Gasteiger partial charge in [-0.25, -0.2) is 9.59 Å². The first kappa shape index (κ1) is 15.0. The topological polar surface area (TPSA) is 107 Å². The number of ether oxygens (including phenoxy) is 1. The van der Waals surface area contributed by atoms with Gasteiger partial charge in [0, 0.05) is 10.8 Å². The maximum Gasteiger partial charge on any atom is 0.373 e. The molecule has 2 aromatic rings. The third-order valence-electron chi connectivity index (χ3n) is 2.53. The van der Waals surface area contributed by atoms with Gasteiger partial charge in [-0.15, -0.1) is 0 Å². The quantitative estimate of drug-likeness (QED) is 0.810. The minimum atomic E-state index is -1.36. The van der Waals surface area contributed by atoms with Crippen molar-refractivity contribution in [3.05, 3.63) is 47.3 Å². The minimum Gasteiger partial charge on any atom is -0.475 e. The molecule has 0 aliphatic carbocycles. The number of carbonyl (C=O) groups is 2. The van der Waals surface area contributed by atoms with Gasteiger partial charge in [-0.1, -0.05) is 0 Å². The van der Waals surface area contributed by atoms with E-state index in [9.17, 15) is 13.8 Å². The molecule has 0 aliphatic rings. The number of methoxy groups -OCH3 is 1. The number of rotatable bonds is 6. The van der Waals surface area contributed by atoms with E-state index in [4.69, 9.17) is 13.9 Å². The molecule has 0 amide bonds. The number of carbonyl (C=O) groups excluding carboxylic acids is 1. The van der Waals surface area contributed by atoms with Crippen LogP contribution in [0.1, 0.15) is 32.6 Å². The highest BCUT2D eigenvalue weighted by atomic mass is 32.2. The van der Waals surface area contributed by atoms with Crippen LogP contribution in [0.4, 0.5) is 0 Å². The first-order chi connectivity index (χ1) is 9.99. The van der Waals surface area contributed by atoms with E-state index in [-0.39, 0.29) is 23.0 Å². The molecule has 0 spiro atoms. The number of carboxylic acids is 1. The third kappa shape index (κ3) is 3.82. The van der Waals surface area contributed by atoms with Crippen LogP contribution in [0.5, 0.6) is 0 Å². The zero-order valence-electron chi connectivity index (χ0n) is 11.0. The van der Waals surface area contributed by atoms with Crippen molar-refractivity contribution in [3.63, 3.8) is 0 Å². The second-order valence-electron chi connectivity index (χ2n) is 4.06. The van der Waals surface area contributed by atoms with E-state index < -0.39 is 22.7 Å². The zero-order chi connectivity index (χ0) is 15.4. The van der Waals surface area contributed by atoms with Gasteiger partial charge < -0.3 is 18.7 Å². The Bertz CT molecular complexity index is 682. The predicted molar refractivity (Wildman–Crippen MR) is 71.3 cm³/mol. The van der Waals surface area contributed by atoms with E-state index in [1.54, 1.807) is 0 Å². The van der Waals surface area contributed by atoms with Crippen LogP contribution in [-0.4, -0.2) is 28.4 Å². The maximum atomic E-state index is 11.9. The number of hydrogen-bond donors (Lipinski definition) is 1. The van der Waals surface area contributed by atoms with E-state index in [0.717, 1.165) is 0 Å². The van der Waals surface area contributed by atoms with Crippen molar-refractivity contribution < 1.29 is 32.5 Å². The van der Waals surface area contributed by atoms with E-state index in [1.165, 1.54) is 31.4 Å². The molecule has 1 atom stereocenters. The molecule has 2 heterocycles. The summed E-state index contributed by atoms with van der Waals surface area (Å²) in [4.78, 5) is 21.9. The number of aromatic carboxylic acids is 1. The normalized spacial score (nSPS) is 12.0. The Hall–Kier alpha value is -2.35. The Morgan fingerprint density at radius 3 is 2.10 bits per heavy atom. The number of hydrogen-bond acceptors (Lipinski definition) is 6. The van der Waals surface area contributed by atoms with Crippen molar-refractivity contribution >= 4 is 22.7 Å². The Balaban J connectivity index is 1.96. The highest BCUT2D eigenvalue weighted by Crippen LogP contribution is 2.15. The van der Waals surface area contributed by atoms with Crippen LogP contribution in [0, 0.1) is 0 Å². The van der Waals surface area contributed by atoms with E-state index in [1.807, 2.05) is 0 Å². The van der Waals surface area contributed by atoms with Crippen LogP contribution in [0.15, 0.2) is 33.1 Å². The van der Waals surface area contributed by atoms with E-state index >= 15 is 0 Å². The van der Waals surface area contributed by atoms with Crippen molar-refractivity contribution in [3.8, 4) is 0 Å². The molecule has 1 unspecified atom stereocenters. The lowest BCUT2D eigenvalue weighted by Crippen LogP contribution is -2.00. The third-order valence-corrected chi connectivity index (χ3v) is 3.74. The molecule has 0 aromatic carbocycles. The van der Waals surface area contributed by atoms with Crippen molar-refractivity contribution in [2.45, 2.75) is 11.5 Å². The molecular formula is C13H12O7S. The van der Waals surface area contributed by atoms with Crippen molar-refractivity contribution in [2.24, 2.45) is 0 Å². The van der Waals surface area contributed by atoms with Gasteiger partial charge in [-0.05, 0) is 24.3 Å². The van der Waals surface area contributed by atoms with Gasteiger partial charge in [0.25, 0.3) is 0 Å². The molecule has 8 heteroatoms. The summed E-state index contributed by atoms with van der Waals surface area (Å²) in [5.74, 6) is -1.13. The fourth-order valence-electron chi connectivity index (χ4n) is 1.60. The van der Waals surface area contributed by atoms with Gasteiger partial charge >= 0.3 is 11.9 Å². The molecule has 112 valence electrons. The number of carboxylic acid groups (broad SMARTS) is 1. The zero-order valence-corrected chi connectivity index (χ0v) is 11.8. The highest BCUT2D eigenvalue weighted by Gasteiger charge is 2.15. The van der Waals surface area contributed by atoms with E-state index in [2.05, 4.69) is 4.74 Å². The smallest absolute Gasteiger partial charge is 0.373 e. The molecule has 0 saturated carbocycles. The van der Waals surface area contributed by atoms with Gasteiger partial charge in [0.05, 0.1) is 18.6 Å². The van der Waals surface area contributed by atoms with Gasteiger partial charge in [0.1, 0.15) is 11.5 Å². The summed E-state index contributed by atoms with van der Waals surface area (Å²) in [6.45, 7) is 0. The summed E-state index contributed by atoms with van der Waals surface area (Å²) in [5.41, 5.74) is 0. The van der Waals surface area contributed by atoms with Crippen LogP contribution in [0.2, 0.25) is 0 Å². The fraction of sp³-hybridized carbons (Fsp3) is 0.231. The van der Waals surface area contributed by atoms with Gasteiger partial charge in [0.15, 0.2) is 0 Å². The molecule has 7 nitrogen and oxygen atoms in total. The first-order valence-corrected chi connectivity index (χ1v) is 7.32. The molecule has 0 bridgehead atoms. The van der Waals surface area contributed by atoms with Crippen molar-refractivity contribution in [1.82, 2.24) is 0 Å². The lowest BCUT2D eigenvalue weighted by molar-refractivity contribution is 0.0562. The Morgan fingerprint density at radius 1 is 1.10 bits per heavy atom. The van der Waals surface area contributed by atoms with Gasteiger partial charge in [-0.2, -0.15) is 0 Å². The van der Waals surface area contributed by atoms with E-state index in [0.29, 0.717) is 11.5 Å². The van der Waals surface area contributed by atoms with Crippen LogP contribution in [0.3, 0.4) is 0 Å². The Kier molecular flexibility index (Phi) is 4.59. The second-order valence-corrected chi connectivity index (χ2v) is 5.51. The summed E-state index contributed by atoms with van der Waals surface area (Å²) >= 11 is 0. The Labute approximate surface area is 122 Å². The molecule has 21 heavy (non-hydrogen) atoms. The molecule has 2 aromatic heterocycles. The summed E-state index contributed by atoms with van der Waals surface area (Å²) < 4.78 is 26.6. The van der Waals surface area contributed by atoms with Crippen LogP contribution >= 0.6 is 0 Å². The second kappa shape index (κ2) is 6.40. The SMILES string of the molecule is COC(=O)c1ccc(CS(=O)Cc2ccc(C(=O)O)o2)o1. The lowest BCUT2D eigenvalue weighted by atomic mass is 10.4. The molecule has 2 rings (SSSR count). The first-order valence-electron chi connectivity index (χ1n) is 5.83. The van der Waals surface area contributed by atoms with Crippen LogP contribution < -0.4 is 0 Å². The summed E-state index contributed by atoms with van der Waals surface area (Å²) in [6, 6.07) is 5.74. The number of esters is 1. The average Bonchev–Trinajstić information content (AvgIpc) is 3.07. The molecular weight excluding hydrogens is 300 g/mol. The Morgan fingerprint density at radius 2 is 1.62 bits per heavy atom. The van der Waals surface area contributed by atoms with Gasteiger partial charge in [0.2, 0.25) is 11.5 Å². The molecule has 0 saturated heterocycles. The maximum absolute atomic E-state index is 11.9. The molecule has 0 radical (unpaired) electrons. The van der Waals surface area contributed by atoms with Crippen LogP contribution in [-0.2, 0) is 27.0 Å². The molecule has 1 N–H and O–H groups in total. The largest absolute Gasteiger partial charge is 0.475 e. The van der Waals surface area contributed by atoms with Crippen LogP contribution in [0.25, 0.3) is 0 Å². The lowest BCUT2D eigenvalue weighted by Gasteiger charge is -1.98.